The lowest BCUT2D eigenvalue weighted by Crippen LogP contribution is -2.51. The van der Waals surface area contributed by atoms with Gasteiger partial charge in [0.25, 0.3) is 0 Å². The minimum Gasteiger partial charge on any atom is -0.324 e. The maximum atomic E-state index is 12.1. The second kappa shape index (κ2) is 6.96. The first kappa shape index (κ1) is 15.9. The molecule has 0 bridgehead atoms. The van der Waals surface area contributed by atoms with Crippen molar-refractivity contribution in [1.82, 2.24) is 10.2 Å². The molecule has 2 N–H and O–H groups in total. The van der Waals surface area contributed by atoms with Crippen LogP contribution in [0.5, 0.6) is 0 Å². The number of hydrogen-bond acceptors (Lipinski definition) is 3. The zero-order chi connectivity index (χ0) is 14.7. The Morgan fingerprint density at radius 3 is 2.75 bits per heavy atom. The fourth-order valence-electron chi connectivity index (χ4n) is 2.11. The summed E-state index contributed by atoms with van der Waals surface area (Å²) >= 11 is 17.8. The van der Waals surface area contributed by atoms with Crippen molar-refractivity contribution < 1.29 is 4.79 Å². The summed E-state index contributed by atoms with van der Waals surface area (Å²) in [5, 5.41) is 7.16. The Kier molecular flexibility index (Phi) is 5.52. The van der Waals surface area contributed by atoms with Crippen LogP contribution in [0.1, 0.15) is 6.92 Å². The Bertz CT molecular complexity index is 510. The molecule has 0 radical (unpaired) electrons. The molecular formula is C13H16Cl3N3O. The number of rotatable bonds is 3. The molecule has 1 amide bonds. The topological polar surface area (TPSA) is 44.4 Å². The summed E-state index contributed by atoms with van der Waals surface area (Å²) in [5.41, 5.74) is 0.480. The SMILES string of the molecule is C[C@@H]1CNCCN1CC(=O)Nc1cc(Cl)c(Cl)cc1Cl. The lowest BCUT2D eigenvalue weighted by molar-refractivity contribution is -0.118. The van der Waals surface area contributed by atoms with Crippen LogP contribution in [0.2, 0.25) is 15.1 Å². The van der Waals surface area contributed by atoms with Gasteiger partial charge in [0.1, 0.15) is 0 Å². The molecule has 1 atom stereocenters. The number of benzene rings is 1. The maximum absolute atomic E-state index is 12.1. The van der Waals surface area contributed by atoms with Gasteiger partial charge in [-0.15, -0.1) is 0 Å². The highest BCUT2D eigenvalue weighted by Crippen LogP contribution is 2.32. The predicted octanol–water partition coefficient (Wildman–Crippen LogP) is 2.88. The van der Waals surface area contributed by atoms with Gasteiger partial charge < -0.3 is 10.6 Å². The van der Waals surface area contributed by atoms with Gasteiger partial charge in [-0.05, 0) is 19.1 Å². The molecule has 0 aromatic heterocycles. The number of amides is 1. The summed E-state index contributed by atoms with van der Waals surface area (Å²) in [6.45, 7) is 5.06. The number of carbonyl (C=O) groups excluding carboxylic acids is 1. The number of halogens is 3. The standard InChI is InChI=1S/C13H16Cl3N3O/c1-8-6-17-2-3-19(8)7-13(20)18-12-5-10(15)9(14)4-11(12)16/h4-5,8,17H,2-3,6-7H2,1H3,(H,18,20)/t8-/m1/s1. The predicted molar refractivity (Wildman–Crippen MR) is 84.0 cm³/mol. The molecule has 2 rings (SSSR count). The minimum absolute atomic E-state index is 0.112. The first-order valence-corrected chi connectivity index (χ1v) is 7.50. The van der Waals surface area contributed by atoms with Crippen molar-refractivity contribution in [3.05, 3.63) is 27.2 Å². The molecule has 1 aliphatic heterocycles. The Labute approximate surface area is 133 Å². The smallest absolute Gasteiger partial charge is 0.238 e. The number of nitrogens with zero attached hydrogens (tertiary/aromatic N) is 1. The molecule has 0 saturated carbocycles. The largest absolute Gasteiger partial charge is 0.324 e. The highest BCUT2D eigenvalue weighted by atomic mass is 35.5. The molecule has 0 spiro atoms. The zero-order valence-electron chi connectivity index (χ0n) is 11.0. The number of anilines is 1. The van der Waals surface area contributed by atoms with E-state index in [2.05, 4.69) is 22.5 Å². The molecule has 1 aromatic rings. The van der Waals surface area contributed by atoms with Crippen LogP contribution in [0.4, 0.5) is 5.69 Å². The summed E-state index contributed by atoms with van der Waals surface area (Å²) in [6, 6.07) is 3.42. The first-order chi connectivity index (χ1) is 9.47. The molecule has 1 aromatic carbocycles. The van der Waals surface area contributed by atoms with Crippen LogP contribution in [0, 0.1) is 0 Å². The summed E-state index contributed by atoms with van der Waals surface area (Å²) in [7, 11) is 0. The van der Waals surface area contributed by atoms with Gasteiger partial charge in [-0.1, -0.05) is 34.8 Å². The van der Waals surface area contributed by atoms with Gasteiger partial charge in [0, 0.05) is 25.7 Å². The van der Waals surface area contributed by atoms with Gasteiger partial charge >= 0.3 is 0 Å². The van der Waals surface area contributed by atoms with Crippen molar-refractivity contribution in [2.45, 2.75) is 13.0 Å². The van der Waals surface area contributed by atoms with Crippen molar-refractivity contribution in [3.63, 3.8) is 0 Å². The molecule has 4 nitrogen and oxygen atoms in total. The second-order valence-corrected chi connectivity index (χ2v) is 6.04. The van der Waals surface area contributed by atoms with E-state index in [9.17, 15) is 4.79 Å². The third kappa shape index (κ3) is 3.99. The van der Waals surface area contributed by atoms with Gasteiger partial charge in [0.2, 0.25) is 5.91 Å². The average molecular weight is 337 g/mol. The summed E-state index contributed by atoms with van der Waals surface area (Å²) in [6.07, 6.45) is 0. The van der Waals surface area contributed by atoms with E-state index in [4.69, 9.17) is 34.8 Å². The highest BCUT2D eigenvalue weighted by molar-refractivity contribution is 6.44. The van der Waals surface area contributed by atoms with Gasteiger partial charge in [0.15, 0.2) is 0 Å². The van der Waals surface area contributed by atoms with Crippen molar-refractivity contribution in [1.29, 1.82) is 0 Å². The highest BCUT2D eigenvalue weighted by Gasteiger charge is 2.20. The van der Waals surface area contributed by atoms with Crippen molar-refractivity contribution in [2.75, 3.05) is 31.5 Å². The van der Waals surface area contributed by atoms with E-state index in [0.29, 0.717) is 33.3 Å². The molecule has 1 aliphatic rings. The number of nitrogens with one attached hydrogen (secondary N) is 2. The van der Waals surface area contributed by atoms with Crippen molar-refractivity contribution in [2.24, 2.45) is 0 Å². The Morgan fingerprint density at radius 2 is 2.05 bits per heavy atom. The van der Waals surface area contributed by atoms with E-state index < -0.39 is 0 Å². The van der Waals surface area contributed by atoms with E-state index in [0.717, 1.165) is 19.6 Å². The molecule has 1 heterocycles. The maximum Gasteiger partial charge on any atom is 0.238 e. The monoisotopic (exact) mass is 335 g/mol. The molecule has 7 heteroatoms. The van der Waals surface area contributed by atoms with Gasteiger partial charge in [0.05, 0.1) is 27.3 Å². The van der Waals surface area contributed by atoms with Crippen molar-refractivity contribution >= 4 is 46.4 Å². The lowest BCUT2D eigenvalue weighted by Gasteiger charge is -2.33. The fourth-order valence-corrected chi connectivity index (χ4v) is 2.70. The van der Waals surface area contributed by atoms with Crippen LogP contribution < -0.4 is 10.6 Å². The fraction of sp³-hybridized carbons (Fsp3) is 0.462. The molecule has 20 heavy (non-hydrogen) atoms. The third-order valence-electron chi connectivity index (χ3n) is 3.27. The normalized spacial score (nSPS) is 19.9. The van der Waals surface area contributed by atoms with E-state index in [1.165, 1.54) is 6.07 Å². The van der Waals surface area contributed by atoms with Crippen LogP contribution in [0.15, 0.2) is 12.1 Å². The van der Waals surface area contributed by atoms with Crippen LogP contribution in [0.3, 0.4) is 0 Å². The van der Waals surface area contributed by atoms with Gasteiger partial charge in [-0.25, -0.2) is 0 Å². The molecule has 1 fully saturated rings. The van der Waals surface area contributed by atoms with E-state index in [1.807, 2.05) is 0 Å². The van der Waals surface area contributed by atoms with E-state index in [1.54, 1.807) is 6.07 Å². The van der Waals surface area contributed by atoms with Crippen LogP contribution in [-0.2, 0) is 4.79 Å². The van der Waals surface area contributed by atoms with Crippen molar-refractivity contribution in [3.8, 4) is 0 Å². The number of carbonyl (C=O) groups is 1. The lowest BCUT2D eigenvalue weighted by atomic mass is 10.2. The Balaban J connectivity index is 1.99. The van der Waals surface area contributed by atoms with Gasteiger partial charge in [-0.2, -0.15) is 0 Å². The zero-order valence-corrected chi connectivity index (χ0v) is 13.3. The number of piperazine rings is 1. The Morgan fingerprint density at radius 1 is 1.35 bits per heavy atom. The number of hydrogen-bond donors (Lipinski definition) is 2. The van der Waals surface area contributed by atoms with E-state index in [-0.39, 0.29) is 5.91 Å². The van der Waals surface area contributed by atoms with E-state index >= 15 is 0 Å². The summed E-state index contributed by atoms with van der Waals surface area (Å²) in [5.74, 6) is -0.112. The molecule has 110 valence electrons. The summed E-state index contributed by atoms with van der Waals surface area (Å²) in [4.78, 5) is 14.2. The molecular weight excluding hydrogens is 321 g/mol. The molecule has 0 aliphatic carbocycles. The van der Waals surface area contributed by atoms with Gasteiger partial charge in [-0.3, -0.25) is 9.69 Å². The van der Waals surface area contributed by atoms with Crippen LogP contribution in [0.25, 0.3) is 0 Å². The Hall–Kier alpha value is -0.520. The quantitative estimate of drug-likeness (QED) is 0.834. The molecule has 0 unspecified atom stereocenters. The van der Waals surface area contributed by atoms with Crippen LogP contribution in [-0.4, -0.2) is 43.0 Å². The molecule has 1 saturated heterocycles. The minimum atomic E-state index is -0.112. The second-order valence-electron chi connectivity index (χ2n) is 4.82. The first-order valence-electron chi connectivity index (χ1n) is 6.36. The van der Waals surface area contributed by atoms with Crippen LogP contribution >= 0.6 is 34.8 Å². The average Bonchev–Trinajstić information content (AvgIpc) is 2.39. The third-order valence-corrected chi connectivity index (χ3v) is 4.30. The summed E-state index contributed by atoms with van der Waals surface area (Å²) < 4.78 is 0.